The molecule has 0 spiro atoms. The van der Waals surface area contributed by atoms with Crippen LogP contribution < -0.4 is 11.1 Å². The molecule has 15 heavy (non-hydrogen) atoms. The number of rotatable bonds is 5. The van der Waals surface area contributed by atoms with Crippen LogP contribution >= 0.6 is 0 Å². The quantitative estimate of drug-likeness (QED) is 0.500. The van der Waals surface area contributed by atoms with Gasteiger partial charge in [0.05, 0.1) is 13.1 Å². The Bertz CT molecular complexity index is 294. The second kappa shape index (κ2) is 5.26. The molecule has 1 aliphatic heterocycles. The zero-order valence-electron chi connectivity index (χ0n) is 8.36. The predicted octanol–water partition coefficient (Wildman–Crippen LogP) is -2.34. The Hall–Kier alpha value is -1.69. The van der Waals surface area contributed by atoms with E-state index in [2.05, 4.69) is 11.1 Å². The van der Waals surface area contributed by atoms with Crippen LogP contribution in [0, 0.1) is 0 Å². The first-order valence-corrected chi connectivity index (χ1v) is 4.74. The summed E-state index contributed by atoms with van der Waals surface area (Å²) in [5.41, 5.74) is 3.58. The van der Waals surface area contributed by atoms with Gasteiger partial charge in [0.1, 0.15) is 0 Å². The molecule has 0 radical (unpaired) electrons. The summed E-state index contributed by atoms with van der Waals surface area (Å²) in [6.07, 6.45) is 2.55. The molecule has 0 aromatic heterocycles. The zero-order valence-corrected chi connectivity index (χ0v) is 8.36. The molecule has 0 aliphatic carbocycles. The van der Waals surface area contributed by atoms with Crippen molar-refractivity contribution in [2.75, 3.05) is 19.6 Å². The highest BCUT2D eigenvalue weighted by Gasteiger charge is 2.23. The molecule has 1 aliphatic rings. The van der Waals surface area contributed by atoms with Gasteiger partial charge in [-0.1, -0.05) is 0 Å². The summed E-state index contributed by atoms with van der Waals surface area (Å²) in [6, 6.07) is 0. The molecule has 0 bridgehead atoms. The fourth-order valence-corrected chi connectivity index (χ4v) is 1.18. The summed E-state index contributed by atoms with van der Waals surface area (Å²) in [5.74, 6) is -0.888. The van der Waals surface area contributed by atoms with Crippen molar-refractivity contribution in [1.29, 1.82) is 0 Å². The molecule has 1 heterocycles. The molecule has 0 aromatic rings. The molecular weight excluding hydrogens is 198 g/mol. The van der Waals surface area contributed by atoms with E-state index in [4.69, 9.17) is 0 Å². The van der Waals surface area contributed by atoms with Crippen molar-refractivity contribution in [3.8, 4) is 0 Å². The van der Waals surface area contributed by atoms with E-state index in [0.29, 0.717) is 13.1 Å². The lowest BCUT2D eigenvalue weighted by molar-refractivity contribution is -0.364. The van der Waals surface area contributed by atoms with E-state index in [-0.39, 0.29) is 30.7 Å². The Kier molecular flexibility index (Phi) is 3.99. The number of hydrogen-bond donors (Lipinski definition) is 2. The average Bonchev–Trinajstić information content (AvgIpc) is 2.53. The van der Waals surface area contributed by atoms with Crippen molar-refractivity contribution < 1.29 is 20.1 Å². The van der Waals surface area contributed by atoms with Crippen LogP contribution in [0.15, 0.2) is 12.2 Å². The lowest BCUT2D eigenvalue weighted by atomic mass is 10.3. The van der Waals surface area contributed by atoms with Gasteiger partial charge in [-0.3, -0.25) is 19.3 Å². The highest BCUT2D eigenvalue weighted by molar-refractivity contribution is 6.13. The molecule has 0 saturated heterocycles. The Labute approximate surface area is 87.1 Å². The van der Waals surface area contributed by atoms with E-state index in [0.717, 1.165) is 4.90 Å². The van der Waals surface area contributed by atoms with Crippen molar-refractivity contribution in [2.45, 2.75) is 6.42 Å². The van der Waals surface area contributed by atoms with Crippen molar-refractivity contribution in [3.05, 3.63) is 12.2 Å². The van der Waals surface area contributed by atoms with Gasteiger partial charge < -0.3 is 11.1 Å². The van der Waals surface area contributed by atoms with Crippen LogP contribution in [-0.2, 0) is 14.4 Å². The fraction of sp³-hybridized carbons (Fsp3) is 0.444. The van der Waals surface area contributed by atoms with E-state index >= 15 is 0 Å². The minimum atomic E-state index is -0.357. The normalized spacial score (nSPS) is 14.9. The number of carbonyl (C=O) groups is 3. The molecule has 0 fully saturated rings. The van der Waals surface area contributed by atoms with Gasteiger partial charge in [0.15, 0.2) is 0 Å². The number of nitrogens with zero attached hydrogens (tertiary/aromatic N) is 1. The van der Waals surface area contributed by atoms with Gasteiger partial charge in [0.2, 0.25) is 5.91 Å². The van der Waals surface area contributed by atoms with Gasteiger partial charge in [-0.05, 0) is 0 Å². The number of imide groups is 1. The summed E-state index contributed by atoms with van der Waals surface area (Å²) in [6.45, 7) is 1.27. The number of amides is 3. The number of hydrogen-bond acceptors (Lipinski definition) is 3. The van der Waals surface area contributed by atoms with Gasteiger partial charge in [-0.15, -0.1) is 0 Å². The standard InChI is InChI=1S/C9H13N3O3/c10-4-5-11-7(13)3-6-12-8(14)1-2-9(12)15/h1-2H,3-6,10H2,(H,11,13)/p+1. The highest BCUT2D eigenvalue weighted by atomic mass is 16.2. The zero-order chi connectivity index (χ0) is 11.3. The summed E-state index contributed by atoms with van der Waals surface area (Å²) in [7, 11) is 0. The molecule has 82 valence electrons. The Balaban J connectivity index is 2.28. The van der Waals surface area contributed by atoms with Crippen LogP contribution in [-0.4, -0.2) is 42.3 Å². The minimum Gasteiger partial charge on any atom is -0.356 e. The van der Waals surface area contributed by atoms with Gasteiger partial charge in [-0.25, -0.2) is 0 Å². The third-order valence-corrected chi connectivity index (χ3v) is 1.96. The van der Waals surface area contributed by atoms with Crippen molar-refractivity contribution in [1.82, 2.24) is 10.2 Å². The molecule has 0 atom stereocenters. The average molecular weight is 212 g/mol. The summed E-state index contributed by atoms with van der Waals surface area (Å²) in [4.78, 5) is 34.4. The second-order valence-electron chi connectivity index (χ2n) is 3.11. The van der Waals surface area contributed by atoms with Crippen molar-refractivity contribution in [2.24, 2.45) is 0 Å². The van der Waals surface area contributed by atoms with Crippen LogP contribution in [0.3, 0.4) is 0 Å². The van der Waals surface area contributed by atoms with Crippen molar-refractivity contribution >= 4 is 17.7 Å². The first-order valence-electron chi connectivity index (χ1n) is 4.74. The maximum atomic E-state index is 11.2. The number of carbonyl (C=O) groups excluding carboxylic acids is 3. The molecule has 6 nitrogen and oxygen atoms in total. The third-order valence-electron chi connectivity index (χ3n) is 1.96. The Morgan fingerprint density at radius 1 is 1.33 bits per heavy atom. The molecule has 4 N–H and O–H groups in total. The van der Waals surface area contributed by atoms with Gasteiger partial charge in [-0.2, -0.15) is 0 Å². The second-order valence-corrected chi connectivity index (χ2v) is 3.11. The molecule has 1 rings (SSSR count). The Morgan fingerprint density at radius 3 is 2.47 bits per heavy atom. The van der Waals surface area contributed by atoms with Crippen LogP contribution in [0.1, 0.15) is 6.42 Å². The van der Waals surface area contributed by atoms with Crippen LogP contribution in [0.2, 0.25) is 0 Å². The molecule has 3 amide bonds. The maximum Gasteiger partial charge on any atom is 0.253 e. The predicted molar refractivity (Wildman–Crippen MR) is 51.2 cm³/mol. The summed E-state index contributed by atoms with van der Waals surface area (Å²) < 4.78 is 0. The molecule has 6 heteroatoms. The van der Waals surface area contributed by atoms with Crippen LogP contribution in [0.4, 0.5) is 0 Å². The molecule has 0 saturated carbocycles. The number of quaternary nitrogens is 1. The molecule has 0 aromatic carbocycles. The Morgan fingerprint density at radius 2 is 1.93 bits per heavy atom. The lowest BCUT2D eigenvalue weighted by Crippen LogP contribution is -2.55. The van der Waals surface area contributed by atoms with Crippen LogP contribution in [0.25, 0.3) is 0 Å². The molecule has 0 unspecified atom stereocenters. The maximum absolute atomic E-state index is 11.2. The fourth-order valence-electron chi connectivity index (χ4n) is 1.18. The first-order chi connectivity index (χ1) is 7.15. The molecular formula is C9H14N3O3+. The monoisotopic (exact) mass is 212 g/mol. The summed E-state index contributed by atoms with van der Waals surface area (Å²) in [5, 5.41) is 2.61. The first kappa shape index (κ1) is 11.4. The van der Waals surface area contributed by atoms with E-state index in [1.165, 1.54) is 12.2 Å². The smallest absolute Gasteiger partial charge is 0.253 e. The van der Waals surface area contributed by atoms with Gasteiger partial charge in [0, 0.05) is 25.1 Å². The topological polar surface area (TPSA) is 94.1 Å². The van der Waals surface area contributed by atoms with Crippen LogP contribution in [0.5, 0.6) is 0 Å². The third kappa shape index (κ3) is 3.17. The summed E-state index contributed by atoms with van der Waals surface area (Å²) >= 11 is 0. The minimum absolute atomic E-state index is 0.133. The van der Waals surface area contributed by atoms with Gasteiger partial charge >= 0.3 is 0 Å². The van der Waals surface area contributed by atoms with Crippen molar-refractivity contribution in [3.63, 3.8) is 0 Å². The largest absolute Gasteiger partial charge is 0.356 e. The number of nitrogens with one attached hydrogen (secondary N) is 1. The van der Waals surface area contributed by atoms with E-state index in [1.54, 1.807) is 0 Å². The van der Waals surface area contributed by atoms with E-state index in [1.807, 2.05) is 0 Å². The highest BCUT2D eigenvalue weighted by Crippen LogP contribution is 2.03. The van der Waals surface area contributed by atoms with E-state index in [9.17, 15) is 14.4 Å². The lowest BCUT2D eigenvalue weighted by Gasteiger charge is -2.12. The SMILES string of the molecule is [NH3+]CCNC(=O)CCN1C(=O)C=CC1=O. The van der Waals surface area contributed by atoms with Gasteiger partial charge in [0.25, 0.3) is 11.8 Å². The van der Waals surface area contributed by atoms with E-state index < -0.39 is 0 Å².